The fourth-order valence-electron chi connectivity index (χ4n) is 1.31. The van der Waals surface area contributed by atoms with Crippen LogP contribution in [0.25, 0.3) is 0 Å². The third-order valence-electron chi connectivity index (χ3n) is 2.48. The topological polar surface area (TPSA) is 50.7 Å². The Hall–Kier alpha value is 0.190. The van der Waals surface area contributed by atoms with Gasteiger partial charge in [-0.2, -0.15) is 11.8 Å². The second-order valence-corrected chi connectivity index (χ2v) is 5.57. The average molecular weight is 265 g/mol. The van der Waals surface area contributed by atoms with Crippen LogP contribution in [0.2, 0.25) is 0 Å². The molecule has 0 aromatic heterocycles. The molecule has 0 bridgehead atoms. The van der Waals surface area contributed by atoms with Crippen LogP contribution in [0.5, 0.6) is 0 Å². The number of aliphatic hydroxyl groups excluding tert-OH is 1. The zero-order valence-electron chi connectivity index (χ0n) is 11.4. The molecule has 0 aromatic rings. The minimum atomic E-state index is -0.445. The van der Waals surface area contributed by atoms with Crippen LogP contribution in [0.1, 0.15) is 20.3 Å². The van der Waals surface area contributed by atoms with E-state index in [2.05, 4.69) is 18.5 Å². The molecule has 0 rings (SSSR count). The van der Waals surface area contributed by atoms with Crippen LogP contribution in [0.15, 0.2) is 0 Å². The lowest BCUT2D eigenvalue weighted by atomic mass is 10.3. The normalized spacial score (nSPS) is 16.8. The Bertz CT molecular complexity index is 172. The lowest BCUT2D eigenvalue weighted by Crippen LogP contribution is -2.33. The smallest absolute Gasteiger partial charge is 0.0897 e. The highest BCUT2D eigenvalue weighted by Gasteiger charge is 2.07. The van der Waals surface area contributed by atoms with Crippen molar-refractivity contribution >= 4 is 11.8 Å². The molecule has 5 heteroatoms. The summed E-state index contributed by atoms with van der Waals surface area (Å²) in [5.41, 5.74) is 0. The number of aliphatic hydroxyl groups is 1. The summed E-state index contributed by atoms with van der Waals surface area (Å²) in [5, 5.41) is 13.6. The molecule has 0 saturated heterocycles. The molecule has 2 N–H and O–H groups in total. The van der Waals surface area contributed by atoms with E-state index in [4.69, 9.17) is 9.47 Å². The Morgan fingerprint density at radius 1 is 1.29 bits per heavy atom. The predicted molar refractivity (Wildman–Crippen MR) is 73.8 cm³/mol. The Morgan fingerprint density at radius 3 is 2.59 bits per heavy atom. The maximum absolute atomic E-state index is 9.66. The minimum Gasteiger partial charge on any atom is -0.389 e. The van der Waals surface area contributed by atoms with Gasteiger partial charge in [0.2, 0.25) is 0 Å². The minimum absolute atomic E-state index is 0.0335. The average Bonchev–Trinajstić information content (AvgIpc) is 2.32. The molecule has 0 aliphatic carbocycles. The van der Waals surface area contributed by atoms with E-state index in [1.807, 2.05) is 18.7 Å². The van der Waals surface area contributed by atoms with Crippen molar-refractivity contribution in [2.45, 2.75) is 37.7 Å². The molecule has 4 nitrogen and oxygen atoms in total. The zero-order valence-corrected chi connectivity index (χ0v) is 12.3. The molecule has 3 unspecified atom stereocenters. The standard InChI is InChI=1S/C12H27NO3S/c1-10(8-15-3)16-9-12(14)7-13-6-5-11(2)17-4/h10-14H,5-9H2,1-4H3. The number of methoxy groups -OCH3 is 1. The summed E-state index contributed by atoms with van der Waals surface area (Å²) in [6.45, 7) is 6.58. The Labute approximate surface area is 109 Å². The fraction of sp³-hybridized carbons (Fsp3) is 1.00. The monoisotopic (exact) mass is 265 g/mol. The van der Waals surface area contributed by atoms with Gasteiger partial charge in [0.05, 0.1) is 25.4 Å². The second kappa shape index (κ2) is 11.3. The van der Waals surface area contributed by atoms with Crippen LogP contribution in [-0.4, -0.2) is 62.2 Å². The van der Waals surface area contributed by atoms with Crippen molar-refractivity contribution < 1.29 is 14.6 Å². The molecule has 0 heterocycles. The number of rotatable bonds is 11. The first-order valence-electron chi connectivity index (χ1n) is 6.12. The molecule has 17 heavy (non-hydrogen) atoms. The van der Waals surface area contributed by atoms with E-state index in [0.29, 0.717) is 25.0 Å². The molecule has 0 spiro atoms. The fourth-order valence-corrected chi connectivity index (χ4v) is 1.66. The highest BCUT2D eigenvalue weighted by Crippen LogP contribution is 2.07. The maximum Gasteiger partial charge on any atom is 0.0897 e. The van der Waals surface area contributed by atoms with E-state index >= 15 is 0 Å². The van der Waals surface area contributed by atoms with Crippen LogP contribution < -0.4 is 5.32 Å². The summed E-state index contributed by atoms with van der Waals surface area (Å²) in [5.74, 6) is 0. The lowest BCUT2D eigenvalue weighted by Gasteiger charge is -2.16. The molecule has 0 saturated carbocycles. The number of hydrogen-bond donors (Lipinski definition) is 2. The van der Waals surface area contributed by atoms with Gasteiger partial charge in [-0.3, -0.25) is 0 Å². The van der Waals surface area contributed by atoms with E-state index in [-0.39, 0.29) is 6.10 Å². The van der Waals surface area contributed by atoms with Crippen molar-refractivity contribution in [1.29, 1.82) is 0 Å². The van der Waals surface area contributed by atoms with Crippen molar-refractivity contribution in [3.8, 4) is 0 Å². The van der Waals surface area contributed by atoms with Crippen molar-refractivity contribution in [2.75, 3.05) is 39.7 Å². The highest BCUT2D eigenvalue weighted by molar-refractivity contribution is 7.99. The van der Waals surface area contributed by atoms with Crippen molar-refractivity contribution in [3.63, 3.8) is 0 Å². The number of ether oxygens (including phenoxy) is 2. The quantitative estimate of drug-likeness (QED) is 0.549. The summed E-state index contributed by atoms with van der Waals surface area (Å²) in [6.07, 6.45) is 2.82. The molecule has 0 radical (unpaired) electrons. The van der Waals surface area contributed by atoms with E-state index in [9.17, 15) is 5.11 Å². The van der Waals surface area contributed by atoms with Gasteiger partial charge in [-0.25, -0.2) is 0 Å². The summed E-state index contributed by atoms with van der Waals surface area (Å²) < 4.78 is 10.4. The first-order chi connectivity index (χ1) is 8.10. The SMILES string of the molecule is COCC(C)OCC(O)CNCCC(C)SC. The predicted octanol–water partition coefficient (Wildman–Crippen LogP) is 1.13. The molecule has 0 aliphatic rings. The van der Waals surface area contributed by atoms with Gasteiger partial charge in [0.25, 0.3) is 0 Å². The Kier molecular flexibility index (Phi) is 11.4. The van der Waals surface area contributed by atoms with Gasteiger partial charge < -0.3 is 19.9 Å². The summed E-state index contributed by atoms with van der Waals surface area (Å²) in [4.78, 5) is 0. The lowest BCUT2D eigenvalue weighted by molar-refractivity contribution is -0.0310. The molecule has 0 aliphatic heterocycles. The Morgan fingerprint density at radius 2 is 2.00 bits per heavy atom. The zero-order chi connectivity index (χ0) is 13.1. The van der Waals surface area contributed by atoms with E-state index in [1.54, 1.807) is 7.11 Å². The van der Waals surface area contributed by atoms with Crippen LogP contribution in [0.3, 0.4) is 0 Å². The third kappa shape index (κ3) is 11.0. The van der Waals surface area contributed by atoms with Gasteiger partial charge >= 0.3 is 0 Å². The largest absolute Gasteiger partial charge is 0.389 e. The van der Waals surface area contributed by atoms with Crippen molar-refractivity contribution in [1.82, 2.24) is 5.32 Å². The van der Waals surface area contributed by atoms with Gasteiger partial charge in [-0.1, -0.05) is 6.92 Å². The molecule has 0 fully saturated rings. The number of hydrogen-bond acceptors (Lipinski definition) is 5. The number of nitrogens with one attached hydrogen (secondary N) is 1. The molecule has 0 amide bonds. The van der Waals surface area contributed by atoms with Gasteiger partial charge in [0, 0.05) is 18.9 Å². The number of thioether (sulfide) groups is 1. The van der Waals surface area contributed by atoms with Crippen molar-refractivity contribution in [2.24, 2.45) is 0 Å². The van der Waals surface area contributed by atoms with Crippen molar-refractivity contribution in [3.05, 3.63) is 0 Å². The first-order valence-corrected chi connectivity index (χ1v) is 7.41. The highest BCUT2D eigenvalue weighted by atomic mass is 32.2. The van der Waals surface area contributed by atoms with E-state index < -0.39 is 6.10 Å². The summed E-state index contributed by atoms with van der Waals surface area (Å²) in [6, 6.07) is 0. The van der Waals surface area contributed by atoms with Crippen LogP contribution in [0.4, 0.5) is 0 Å². The molecule has 0 aromatic carbocycles. The molecule has 104 valence electrons. The van der Waals surface area contributed by atoms with E-state index in [0.717, 1.165) is 13.0 Å². The molecular weight excluding hydrogens is 238 g/mol. The van der Waals surface area contributed by atoms with Gasteiger partial charge in [-0.15, -0.1) is 0 Å². The van der Waals surface area contributed by atoms with Gasteiger partial charge in [-0.05, 0) is 26.1 Å². The van der Waals surface area contributed by atoms with Crippen LogP contribution >= 0.6 is 11.8 Å². The van der Waals surface area contributed by atoms with Gasteiger partial charge in [0.1, 0.15) is 0 Å². The van der Waals surface area contributed by atoms with E-state index in [1.165, 1.54) is 0 Å². The molecule has 3 atom stereocenters. The summed E-state index contributed by atoms with van der Waals surface area (Å²) >= 11 is 1.86. The first kappa shape index (κ1) is 17.2. The molecular formula is C12H27NO3S. The van der Waals surface area contributed by atoms with Gasteiger partial charge in [0.15, 0.2) is 0 Å². The van der Waals surface area contributed by atoms with Crippen LogP contribution in [0, 0.1) is 0 Å². The third-order valence-corrected chi connectivity index (χ3v) is 3.52. The second-order valence-electron chi connectivity index (χ2n) is 4.29. The Balaban J connectivity index is 3.37. The maximum atomic E-state index is 9.66. The van der Waals surface area contributed by atoms with Crippen LogP contribution in [-0.2, 0) is 9.47 Å². The summed E-state index contributed by atoms with van der Waals surface area (Å²) in [7, 11) is 1.64.